The van der Waals surface area contributed by atoms with Crippen LogP contribution in [0.1, 0.15) is 23.1 Å². The van der Waals surface area contributed by atoms with Gasteiger partial charge in [0.15, 0.2) is 0 Å². The van der Waals surface area contributed by atoms with E-state index in [2.05, 4.69) is 0 Å². The number of carbonyl (C=O) groups excluding carboxylic acids is 1. The molecule has 2 aromatic rings. The quantitative estimate of drug-likeness (QED) is 0.726. The second-order valence-electron chi connectivity index (χ2n) is 7.41. The first-order valence-electron chi connectivity index (χ1n) is 9.79. The van der Waals surface area contributed by atoms with Crippen LogP contribution in [0.2, 0.25) is 0 Å². The van der Waals surface area contributed by atoms with E-state index in [1.165, 1.54) is 4.31 Å². The molecule has 0 N–H and O–H groups in total. The van der Waals surface area contributed by atoms with Gasteiger partial charge < -0.3 is 9.64 Å². The molecule has 0 unspecified atom stereocenters. The fourth-order valence-electron chi connectivity index (χ4n) is 3.54. The van der Waals surface area contributed by atoms with Gasteiger partial charge in [0.25, 0.3) is 0 Å². The topological polar surface area (TPSA) is 66.9 Å². The van der Waals surface area contributed by atoms with Gasteiger partial charge in [0.2, 0.25) is 15.9 Å². The molecule has 2 aromatic carbocycles. The van der Waals surface area contributed by atoms with Crippen LogP contribution in [-0.2, 0) is 21.2 Å². The molecule has 29 heavy (non-hydrogen) atoms. The molecule has 1 aliphatic rings. The van der Waals surface area contributed by atoms with E-state index in [0.29, 0.717) is 43.9 Å². The molecule has 1 saturated heterocycles. The third kappa shape index (κ3) is 4.97. The fraction of sp³-hybridized carbons (Fsp3) is 0.409. The van der Waals surface area contributed by atoms with Crippen LogP contribution in [-0.4, -0.2) is 56.8 Å². The molecule has 0 aliphatic carbocycles. The van der Waals surface area contributed by atoms with Gasteiger partial charge in [-0.3, -0.25) is 4.79 Å². The standard InChI is InChI=1S/C22H28N2O4S/c1-17-7-8-18(2)21(15-17)29(26,27)24-13-11-23(12-14-24)22(25)10-9-19-5-4-6-20(16-19)28-3/h4-8,15-16H,9-14H2,1-3H3. The molecule has 0 radical (unpaired) electrons. The minimum atomic E-state index is -3.55. The van der Waals surface area contributed by atoms with E-state index in [4.69, 9.17) is 4.74 Å². The summed E-state index contributed by atoms with van der Waals surface area (Å²) in [4.78, 5) is 14.7. The van der Waals surface area contributed by atoms with Crippen molar-refractivity contribution in [3.8, 4) is 5.75 Å². The lowest BCUT2D eigenvalue weighted by Crippen LogP contribution is -2.50. The molecule has 0 bridgehead atoms. The summed E-state index contributed by atoms with van der Waals surface area (Å²) in [7, 11) is -1.92. The highest BCUT2D eigenvalue weighted by molar-refractivity contribution is 7.89. The molecule has 1 amide bonds. The van der Waals surface area contributed by atoms with Crippen molar-refractivity contribution in [1.82, 2.24) is 9.21 Å². The normalized spacial score (nSPS) is 15.3. The van der Waals surface area contributed by atoms with Gasteiger partial charge in [0.1, 0.15) is 5.75 Å². The first-order valence-corrected chi connectivity index (χ1v) is 11.2. The number of piperazine rings is 1. The van der Waals surface area contributed by atoms with Crippen molar-refractivity contribution < 1.29 is 17.9 Å². The Morgan fingerprint density at radius 3 is 2.45 bits per heavy atom. The molecule has 0 spiro atoms. The third-order valence-electron chi connectivity index (χ3n) is 5.31. The zero-order valence-corrected chi connectivity index (χ0v) is 18.0. The lowest BCUT2D eigenvalue weighted by Gasteiger charge is -2.34. The zero-order valence-electron chi connectivity index (χ0n) is 17.2. The van der Waals surface area contributed by atoms with E-state index in [1.54, 1.807) is 18.1 Å². The summed E-state index contributed by atoms with van der Waals surface area (Å²) in [5.74, 6) is 0.830. The van der Waals surface area contributed by atoms with Crippen molar-refractivity contribution in [1.29, 1.82) is 0 Å². The maximum atomic E-state index is 13.0. The fourth-order valence-corrected chi connectivity index (χ4v) is 5.27. The molecular formula is C22H28N2O4S. The van der Waals surface area contributed by atoms with Crippen molar-refractivity contribution in [2.75, 3.05) is 33.3 Å². The van der Waals surface area contributed by atoms with Crippen LogP contribution >= 0.6 is 0 Å². The Kier molecular flexibility index (Phi) is 6.59. The summed E-state index contributed by atoms with van der Waals surface area (Å²) < 4.78 is 32.7. The minimum Gasteiger partial charge on any atom is -0.497 e. The number of nitrogens with zero attached hydrogens (tertiary/aromatic N) is 2. The lowest BCUT2D eigenvalue weighted by atomic mass is 10.1. The van der Waals surface area contributed by atoms with Crippen LogP contribution in [0.5, 0.6) is 5.75 Å². The number of amides is 1. The predicted molar refractivity (Wildman–Crippen MR) is 113 cm³/mol. The number of aryl methyl sites for hydroxylation is 3. The molecule has 7 heteroatoms. The van der Waals surface area contributed by atoms with Gasteiger partial charge in [-0.05, 0) is 55.2 Å². The van der Waals surface area contributed by atoms with Crippen LogP contribution < -0.4 is 4.74 Å². The highest BCUT2D eigenvalue weighted by Crippen LogP contribution is 2.23. The Balaban J connectivity index is 1.58. The van der Waals surface area contributed by atoms with Gasteiger partial charge in [0.05, 0.1) is 12.0 Å². The Hall–Kier alpha value is -2.38. The van der Waals surface area contributed by atoms with Gasteiger partial charge in [0, 0.05) is 32.6 Å². The number of hydrogen-bond acceptors (Lipinski definition) is 4. The maximum absolute atomic E-state index is 13.0. The zero-order chi connectivity index (χ0) is 21.0. The second-order valence-corrected chi connectivity index (χ2v) is 9.31. The van der Waals surface area contributed by atoms with Crippen molar-refractivity contribution in [3.63, 3.8) is 0 Å². The van der Waals surface area contributed by atoms with Gasteiger partial charge >= 0.3 is 0 Å². The Morgan fingerprint density at radius 1 is 1.03 bits per heavy atom. The number of rotatable bonds is 6. The highest BCUT2D eigenvalue weighted by Gasteiger charge is 2.30. The minimum absolute atomic E-state index is 0.0524. The van der Waals surface area contributed by atoms with Crippen LogP contribution in [0.4, 0.5) is 0 Å². The Labute approximate surface area is 173 Å². The first kappa shape index (κ1) is 21.3. The van der Waals surface area contributed by atoms with Crippen molar-refractivity contribution in [2.24, 2.45) is 0 Å². The summed E-state index contributed by atoms with van der Waals surface area (Å²) in [6.07, 6.45) is 1.04. The summed E-state index contributed by atoms with van der Waals surface area (Å²) in [6, 6.07) is 13.2. The molecule has 1 heterocycles. The summed E-state index contributed by atoms with van der Waals surface area (Å²) in [6.45, 7) is 5.17. The van der Waals surface area contributed by atoms with Crippen molar-refractivity contribution >= 4 is 15.9 Å². The third-order valence-corrected chi connectivity index (χ3v) is 7.36. The summed E-state index contributed by atoms with van der Waals surface area (Å²) >= 11 is 0. The number of sulfonamides is 1. The molecule has 3 rings (SSSR count). The number of benzene rings is 2. The van der Waals surface area contributed by atoms with E-state index in [-0.39, 0.29) is 5.91 Å². The number of methoxy groups -OCH3 is 1. The highest BCUT2D eigenvalue weighted by atomic mass is 32.2. The average Bonchev–Trinajstić information content (AvgIpc) is 2.74. The van der Waals surface area contributed by atoms with Gasteiger partial charge in [-0.1, -0.05) is 24.3 Å². The van der Waals surface area contributed by atoms with Crippen LogP contribution in [0.3, 0.4) is 0 Å². The Bertz CT molecular complexity index is 980. The van der Waals surface area contributed by atoms with Gasteiger partial charge in [-0.2, -0.15) is 4.31 Å². The number of ether oxygens (including phenoxy) is 1. The monoisotopic (exact) mass is 416 g/mol. The maximum Gasteiger partial charge on any atom is 0.243 e. The predicted octanol–water partition coefficient (Wildman–Crippen LogP) is 2.78. The van der Waals surface area contributed by atoms with E-state index >= 15 is 0 Å². The number of hydrogen-bond donors (Lipinski definition) is 0. The van der Waals surface area contributed by atoms with E-state index < -0.39 is 10.0 Å². The molecule has 1 aliphatic heterocycles. The molecule has 1 fully saturated rings. The molecule has 0 atom stereocenters. The first-order chi connectivity index (χ1) is 13.8. The van der Waals surface area contributed by atoms with E-state index in [9.17, 15) is 13.2 Å². The summed E-state index contributed by atoms with van der Waals surface area (Å²) in [5.41, 5.74) is 2.71. The van der Waals surface area contributed by atoms with Gasteiger partial charge in [-0.15, -0.1) is 0 Å². The van der Waals surface area contributed by atoms with Crippen molar-refractivity contribution in [3.05, 3.63) is 59.2 Å². The Morgan fingerprint density at radius 2 is 1.76 bits per heavy atom. The van der Waals surface area contributed by atoms with Crippen LogP contribution in [0, 0.1) is 13.8 Å². The van der Waals surface area contributed by atoms with Crippen LogP contribution in [0.15, 0.2) is 47.4 Å². The van der Waals surface area contributed by atoms with Gasteiger partial charge in [-0.25, -0.2) is 8.42 Å². The lowest BCUT2D eigenvalue weighted by molar-refractivity contribution is -0.132. The van der Waals surface area contributed by atoms with E-state index in [0.717, 1.165) is 22.4 Å². The van der Waals surface area contributed by atoms with Crippen LogP contribution in [0.25, 0.3) is 0 Å². The molecule has 6 nitrogen and oxygen atoms in total. The molecular weight excluding hydrogens is 388 g/mol. The summed E-state index contributed by atoms with van der Waals surface area (Å²) in [5, 5.41) is 0. The smallest absolute Gasteiger partial charge is 0.243 e. The SMILES string of the molecule is COc1cccc(CCC(=O)N2CCN(S(=O)(=O)c3cc(C)ccc3C)CC2)c1. The van der Waals surface area contributed by atoms with E-state index in [1.807, 2.05) is 50.2 Å². The average molecular weight is 417 g/mol. The van der Waals surface area contributed by atoms with Crippen molar-refractivity contribution in [2.45, 2.75) is 31.6 Å². The number of carbonyl (C=O) groups is 1. The molecule has 0 aromatic heterocycles. The molecule has 0 saturated carbocycles. The second kappa shape index (κ2) is 8.97. The molecule has 156 valence electrons. The largest absolute Gasteiger partial charge is 0.497 e.